The highest BCUT2D eigenvalue weighted by Gasteiger charge is 2.18. The summed E-state index contributed by atoms with van der Waals surface area (Å²) < 4.78 is 11.3. The molecule has 2 amide bonds. The summed E-state index contributed by atoms with van der Waals surface area (Å²) in [5.74, 6) is 0.430. The van der Waals surface area contributed by atoms with Crippen LogP contribution >= 0.6 is 0 Å². The third-order valence-corrected chi connectivity index (χ3v) is 4.81. The second-order valence-electron chi connectivity index (χ2n) is 7.03. The Kier molecular flexibility index (Phi) is 8.09. The van der Waals surface area contributed by atoms with Crippen molar-refractivity contribution in [2.75, 3.05) is 26.3 Å². The van der Waals surface area contributed by atoms with E-state index in [4.69, 9.17) is 14.3 Å². The number of likely N-dealkylation sites (tertiary alicyclic amines) is 1. The number of piperidine rings is 1. The van der Waals surface area contributed by atoms with Crippen molar-refractivity contribution in [3.05, 3.63) is 59.7 Å². The number of nitrogens with one attached hydrogen (secondary N) is 1. The zero-order chi connectivity index (χ0) is 21.2. The zero-order valence-corrected chi connectivity index (χ0v) is 17.3. The number of hydrogen-bond acceptors (Lipinski definition) is 5. The van der Waals surface area contributed by atoms with Crippen molar-refractivity contribution in [1.82, 2.24) is 10.4 Å². The van der Waals surface area contributed by atoms with E-state index in [-0.39, 0.29) is 25.0 Å². The quantitative estimate of drug-likeness (QED) is 0.639. The Hall–Kier alpha value is -3.06. The zero-order valence-electron chi connectivity index (χ0n) is 17.3. The first kappa shape index (κ1) is 21.6. The van der Waals surface area contributed by atoms with Gasteiger partial charge in [-0.1, -0.05) is 30.3 Å². The van der Waals surface area contributed by atoms with Crippen molar-refractivity contribution >= 4 is 11.8 Å². The first-order valence-electron chi connectivity index (χ1n) is 10.3. The number of rotatable bonds is 9. The fourth-order valence-electron chi connectivity index (χ4n) is 3.23. The summed E-state index contributed by atoms with van der Waals surface area (Å²) in [6.07, 6.45) is 3.23. The first-order valence-corrected chi connectivity index (χ1v) is 10.3. The van der Waals surface area contributed by atoms with E-state index in [1.807, 2.05) is 42.2 Å². The Bertz CT molecular complexity index is 835. The van der Waals surface area contributed by atoms with Gasteiger partial charge in [0.15, 0.2) is 18.1 Å². The molecule has 1 N–H and O–H groups in total. The van der Waals surface area contributed by atoms with Gasteiger partial charge in [0.05, 0.1) is 13.2 Å². The van der Waals surface area contributed by atoms with Crippen LogP contribution < -0.4 is 15.0 Å². The molecule has 0 saturated carbocycles. The van der Waals surface area contributed by atoms with Gasteiger partial charge in [0.25, 0.3) is 11.8 Å². The maximum absolute atomic E-state index is 12.4. The Morgan fingerprint density at radius 1 is 0.967 bits per heavy atom. The SMILES string of the molecule is CCOc1cc(C(=O)NOCc2ccccc2)ccc1OCC(=O)N1CCCCC1. The van der Waals surface area contributed by atoms with Crippen LogP contribution in [0.25, 0.3) is 0 Å². The molecule has 30 heavy (non-hydrogen) atoms. The largest absolute Gasteiger partial charge is 0.490 e. The van der Waals surface area contributed by atoms with Crippen molar-refractivity contribution in [3.63, 3.8) is 0 Å². The number of hydrogen-bond donors (Lipinski definition) is 1. The van der Waals surface area contributed by atoms with Gasteiger partial charge >= 0.3 is 0 Å². The van der Waals surface area contributed by atoms with Crippen molar-refractivity contribution in [2.45, 2.75) is 32.8 Å². The number of hydroxylamine groups is 1. The van der Waals surface area contributed by atoms with Crippen LogP contribution in [0, 0.1) is 0 Å². The lowest BCUT2D eigenvalue weighted by atomic mass is 10.1. The van der Waals surface area contributed by atoms with Gasteiger partial charge in [0.1, 0.15) is 0 Å². The van der Waals surface area contributed by atoms with E-state index >= 15 is 0 Å². The van der Waals surface area contributed by atoms with E-state index in [9.17, 15) is 9.59 Å². The molecule has 1 fully saturated rings. The van der Waals surface area contributed by atoms with Crippen molar-refractivity contribution < 1.29 is 23.9 Å². The lowest BCUT2D eigenvalue weighted by Gasteiger charge is -2.26. The molecule has 2 aromatic rings. The molecule has 0 aliphatic carbocycles. The molecule has 0 spiro atoms. The Morgan fingerprint density at radius 3 is 2.47 bits per heavy atom. The Morgan fingerprint density at radius 2 is 1.73 bits per heavy atom. The minimum absolute atomic E-state index is 0.0340. The monoisotopic (exact) mass is 412 g/mol. The van der Waals surface area contributed by atoms with Crippen LogP contribution in [0.5, 0.6) is 11.5 Å². The number of nitrogens with zero attached hydrogens (tertiary/aromatic N) is 1. The fraction of sp³-hybridized carbons (Fsp3) is 0.391. The molecule has 160 valence electrons. The standard InChI is InChI=1S/C23H28N2O5/c1-2-28-21-15-19(23(27)24-30-16-18-9-5-3-6-10-18)11-12-20(21)29-17-22(26)25-13-7-4-8-14-25/h3,5-6,9-12,15H,2,4,7-8,13-14,16-17H2,1H3,(H,24,27). The van der Waals surface area contributed by atoms with Gasteiger partial charge in [-0.2, -0.15) is 0 Å². The molecule has 0 radical (unpaired) electrons. The molecule has 1 aliphatic heterocycles. The van der Waals surface area contributed by atoms with Gasteiger partial charge in [-0.25, -0.2) is 5.48 Å². The number of carbonyl (C=O) groups excluding carboxylic acids is 2. The van der Waals surface area contributed by atoms with Crippen LogP contribution in [0.15, 0.2) is 48.5 Å². The number of ether oxygens (including phenoxy) is 2. The number of carbonyl (C=O) groups is 2. The topological polar surface area (TPSA) is 77.1 Å². The van der Waals surface area contributed by atoms with E-state index < -0.39 is 0 Å². The van der Waals surface area contributed by atoms with Crippen molar-refractivity contribution in [3.8, 4) is 11.5 Å². The molecule has 0 aromatic heterocycles. The molecule has 1 aliphatic rings. The molecule has 0 unspecified atom stereocenters. The Balaban J connectivity index is 1.56. The average molecular weight is 412 g/mol. The van der Waals surface area contributed by atoms with Crippen LogP contribution in [-0.2, 0) is 16.2 Å². The molecule has 0 bridgehead atoms. The van der Waals surface area contributed by atoms with E-state index in [1.165, 1.54) is 0 Å². The summed E-state index contributed by atoms with van der Waals surface area (Å²) in [6.45, 7) is 4.03. The molecular formula is C23H28N2O5. The lowest BCUT2D eigenvalue weighted by molar-refractivity contribution is -0.134. The molecule has 1 saturated heterocycles. The van der Waals surface area contributed by atoms with Crippen LogP contribution in [0.3, 0.4) is 0 Å². The minimum atomic E-state index is -0.386. The fourth-order valence-corrected chi connectivity index (χ4v) is 3.23. The van der Waals surface area contributed by atoms with E-state index in [0.29, 0.717) is 23.7 Å². The molecule has 7 heteroatoms. The maximum atomic E-state index is 12.4. The summed E-state index contributed by atoms with van der Waals surface area (Å²) in [5.41, 5.74) is 3.76. The maximum Gasteiger partial charge on any atom is 0.274 e. The number of benzene rings is 2. The smallest absolute Gasteiger partial charge is 0.274 e. The van der Waals surface area contributed by atoms with Crippen LogP contribution in [-0.4, -0.2) is 43.0 Å². The molecular weight excluding hydrogens is 384 g/mol. The van der Waals surface area contributed by atoms with Crippen LogP contribution in [0.1, 0.15) is 42.1 Å². The molecule has 1 heterocycles. The molecule has 7 nitrogen and oxygen atoms in total. The predicted molar refractivity (Wildman–Crippen MR) is 112 cm³/mol. The highest BCUT2D eigenvalue weighted by Crippen LogP contribution is 2.28. The van der Waals surface area contributed by atoms with Crippen LogP contribution in [0.4, 0.5) is 0 Å². The van der Waals surface area contributed by atoms with E-state index in [1.54, 1.807) is 18.2 Å². The highest BCUT2D eigenvalue weighted by atomic mass is 16.6. The van der Waals surface area contributed by atoms with Gasteiger partial charge in [-0.05, 0) is 49.9 Å². The second kappa shape index (κ2) is 11.2. The summed E-state index contributed by atoms with van der Waals surface area (Å²) in [7, 11) is 0. The van der Waals surface area contributed by atoms with Gasteiger partial charge in [-0.3, -0.25) is 14.4 Å². The first-order chi connectivity index (χ1) is 14.7. The third kappa shape index (κ3) is 6.22. The van der Waals surface area contributed by atoms with Crippen molar-refractivity contribution in [1.29, 1.82) is 0 Å². The van der Waals surface area contributed by atoms with E-state index in [0.717, 1.165) is 37.9 Å². The summed E-state index contributed by atoms with van der Waals surface area (Å²) in [4.78, 5) is 31.8. The summed E-state index contributed by atoms with van der Waals surface area (Å²) in [6, 6.07) is 14.4. The van der Waals surface area contributed by atoms with Gasteiger partial charge in [0, 0.05) is 18.7 Å². The van der Waals surface area contributed by atoms with Crippen molar-refractivity contribution in [2.24, 2.45) is 0 Å². The minimum Gasteiger partial charge on any atom is -0.490 e. The molecule has 2 aromatic carbocycles. The molecule has 0 atom stereocenters. The normalized spacial score (nSPS) is 13.6. The average Bonchev–Trinajstić information content (AvgIpc) is 2.79. The highest BCUT2D eigenvalue weighted by molar-refractivity contribution is 5.94. The third-order valence-electron chi connectivity index (χ3n) is 4.81. The lowest BCUT2D eigenvalue weighted by Crippen LogP contribution is -2.38. The Labute approximate surface area is 176 Å². The van der Waals surface area contributed by atoms with Gasteiger partial charge in [0.2, 0.25) is 0 Å². The molecule has 3 rings (SSSR count). The number of amides is 2. The second-order valence-corrected chi connectivity index (χ2v) is 7.03. The summed E-state index contributed by atoms with van der Waals surface area (Å²) in [5, 5.41) is 0. The van der Waals surface area contributed by atoms with Gasteiger partial charge < -0.3 is 14.4 Å². The predicted octanol–water partition coefficient (Wildman–Crippen LogP) is 3.34. The van der Waals surface area contributed by atoms with E-state index in [2.05, 4.69) is 5.48 Å². The van der Waals surface area contributed by atoms with Gasteiger partial charge in [-0.15, -0.1) is 0 Å². The summed E-state index contributed by atoms with van der Waals surface area (Å²) >= 11 is 0. The van der Waals surface area contributed by atoms with Crippen LogP contribution in [0.2, 0.25) is 0 Å².